The number of carbonyl (C=O) groups excluding carboxylic acids is 2. The van der Waals surface area contributed by atoms with E-state index in [1.165, 1.54) is 0 Å². The second kappa shape index (κ2) is 7.48. The van der Waals surface area contributed by atoms with Crippen LogP contribution in [0.1, 0.15) is 27.2 Å². The first-order chi connectivity index (χ1) is 14.3. The van der Waals surface area contributed by atoms with Crippen molar-refractivity contribution < 1.29 is 14.3 Å². The van der Waals surface area contributed by atoms with E-state index in [4.69, 9.17) is 11.3 Å². The summed E-state index contributed by atoms with van der Waals surface area (Å²) < 4.78 is 5.46. The SMILES string of the molecule is [C-]#[N+]C1CN([C@@H]2CCN(C(=O)OC(C)(C)C)C2)C(=O)N1c1cncc2ccccc12. The van der Waals surface area contributed by atoms with Crippen LogP contribution in [0.3, 0.4) is 0 Å². The lowest BCUT2D eigenvalue weighted by molar-refractivity contribution is 0.0284. The number of amides is 3. The molecule has 2 fully saturated rings. The number of fused-ring (bicyclic) bond motifs is 1. The third-order valence-corrected chi connectivity index (χ3v) is 5.42. The summed E-state index contributed by atoms with van der Waals surface area (Å²) in [6, 6.07) is 7.34. The molecule has 3 amide bonds. The zero-order valence-corrected chi connectivity index (χ0v) is 17.4. The molecular weight excluding hydrogens is 382 g/mol. The largest absolute Gasteiger partial charge is 0.444 e. The molecule has 2 saturated heterocycles. The van der Waals surface area contributed by atoms with Crippen molar-refractivity contribution in [3.63, 3.8) is 0 Å². The molecule has 2 aliphatic rings. The van der Waals surface area contributed by atoms with Gasteiger partial charge in [-0.3, -0.25) is 9.83 Å². The Morgan fingerprint density at radius 2 is 2.00 bits per heavy atom. The van der Waals surface area contributed by atoms with Crippen LogP contribution in [0.25, 0.3) is 15.6 Å². The molecular formula is C22H25N5O3. The van der Waals surface area contributed by atoms with Crippen LogP contribution in [0.5, 0.6) is 0 Å². The molecule has 30 heavy (non-hydrogen) atoms. The zero-order chi connectivity index (χ0) is 21.5. The molecule has 0 saturated carbocycles. The number of pyridine rings is 1. The van der Waals surface area contributed by atoms with Gasteiger partial charge < -0.3 is 14.5 Å². The minimum atomic E-state index is -0.624. The van der Waals surface area contributed by atoms with Gasteiger partial charge in [-0.15, -0.1) is 0 Å². The molecule has 2 aromatic rings. The molecule has 2 aliphatic heterocycles. The molecule has 8 nitrogen and oxygen atoms in total. The van der Waals surface area contributed by atoms with E-state index in [2.05, 4.69) is 9.83 Å². The van der Waals surface area contributed by atoms with Crippen LogP contribution in [-0.4, -0.2) is 64.4 Å². The number of hydrogen-bond acceptors (Lipinski definition) is 4. The fourth-order valence-corrected chi connectivity index (χ4v) is 4.05. The number of carbonyl (C=O) groups is 2. The van der Waals surface area contributed by atoms with E-state index in [-0.39, 0.29) is 18.2 Å². The molecule has 156 valence electrons. The van der Waals surface area contributed by atoms with Crippen LogP contribution in [-0.2, 0) is 4.74 Å². The summed E-state index contributed by atoms with van der Waals surface area (Å²) >= 11 is 0. The van der Waals surface area contributed by atoms with Gasteiger partial charge in [0.25, 0.3) is 0 Å². The van der Waals surface area contributed by atoms with Gasteiger partial charge in [-0.2, -0.15) is 0 Å². The highest BCUT2D eigenvalue weighted by atomic mass is 16.6. The van der Waals surface area contributed by atoms with E-state index in [0.717, 1.165) is 10.8 Å². The lowest BCUT2D eigenvalue weighted by Crippen LogP contribution is -2.42. The summed E-state index contributed by atoms with van der Waals surface area (Å²) in [6.45, 7) is 14.4. The average molecular weight is 407 g/mol. The van der Waals surface area contributed by atoms with Crippen LogP contribution in [0.2, 0.25) is 0 Å². The van der Waals surface area contributed by atoms with Crippen molar-refractivity contribution in [2.45, 2.75) is 45.0 Å². The number of anilines is 1. The van der Waals surface area contributed by atoms with Crippen molar-refractivity contribution in [2.75, 3.05) is 24.5 Å². The van der Waals surface area contributed by atoms with Crippen LogP contribution in [0, 0.1) is 6.57 Å². The maximum atomic E-state index is 13.4. The van der Waals surface area contributed by atoms with Gasteiger partial charge in [-0.25, -0.2) is 21.1 Å². The Balaban J connectivity index is 1.56. The first kappa shape index (κ1) is 20.0. The molecule has 8 heteroatoms. The Labute approximate surface area is 175 Å². The van der Waals surface area contributed by atoms with Crippen molar-refractivity contribution in [3.8, 4) is 0 Å². The lowest BCUT2D eigenvalue weighted by Gasteiger charge is -2.26. The highest BCUT2D eigenvalue weighted by molar-refractivity contribution is 6.04. The minimum Gasteiger partial charge on any atom is -0.444 e. The van der Waals surface area contributed by atoms with E-state index in [0.29, 0.717) is 31.7 Å². The summed E-state index contributed by atoms with van der Waals surface area (Å²) in [6.07, 6.45) is 3.06. The molecule has 4 rings (SSSR count). The van der Waals surface area contributed by atoms with Gasteiger partial charge in [0.1, 0.15) is 12.1 Å². The molecule has 3 heterocycles. The topological polar surface area (TPSA) is 70.3 Å². The molecule has 0 radical (unpaired) electrons. The first-order valence-electron chi connectivity index (χ1n) is 10.1. The van der Waals surface area contributed by atoms with Gasteiger partial charge in [0.15, 0.2) is 0 Å². The number of ether oxygens (including phenoxy) is 1. The smallest absolute Gasteiger partial charge is 0.410 e. The van der Waals surface area contributed by atoms with E-state index in [1.54, 1.807) is 27.1 Å². The summed E-state index contributed by atoms with van der Waals surface area (Å²) in [7, 11) is 0. The van der Waals surface area contributed by atoms with E-state index in [1.807, 2.05) is 45.0 Å². The lowest BCUT2D eigenvalue weighted by atomic mass is 10.1. The molecule has 0 aliphatic carbocycles. The summed E-state index contributed by atoms with van der Waals surface area (Å²) in [5, 5.41) is 1.81. The summed E-state index contributed by atoms with van der Waals surface area (Å²) in [5.74, 6) is 0. The van der Waals surface area contributed by atoms with Crippen LogP contribution < -0.4 is 4.90 Å². The predicted molar refractivity (Wildman–Crippen MR) is 113 cm³/mol. The number of hydrogen-bond donors (Lipinski definition) is 0. The normalized spacial score (nSPS) is 21.9. The van der Waals surface area contributed by atoms with E-state index >= 15 is 0 Å². The highest BCUT2D eigenvalue weighted by Crippen LogP contribution is 2.33. The second-order valence-corrected chi connectivity index (χ2v) is 8.66. The van der Waals surface area contributed by atoms with Gasteiger partial charge in [-0.1, -0.05) is 24.3 Å². The monoisotopic (exact) mass is 407 g/mol. The average Bonchev–Trinajstić information content (AvgIpc) is 3.31. The number of likely N-dealkylation sites (tertiary alicyclic amines) is 1. The molecule has 1 aromatic heterocycles. The van der Waals surface area contributed by atoms with Gasteiger partial charge in [0.05, 0.1) is 17.9 Å². The fourth-order valence-electron chi connectivity index (χ4n) is 4.05. The van der Waals surface area contributed by atoms with Crippen LogP contribution in [0.15, 0.2) is 36.7 Å². The Morgan fingerprint density at radius 3 is 2.73 bits per heavy atom. The summed E-state index contributed by atoms with van der Waals surface area (Å²) in [4.78, 5) is 38.6. The molecule has 0 N–H and O–H groups in total. The maximum Gasteiger partial charge on any atom is 0.410 e. The van der Waals surface area contributed by atoms with Crippen molar-refractivity contribution in [1.82, 2.24) is 14.8 Å². The number of aromatic nitrogens is 1. The Morgan fingerprint density at radius 1 is 1.23 bits per heavy atom. The Bertz CT molecular complexity index is 1020. The standard InChI is InChI=1S/C22H25N5O3/c1-22(2,3)30-21(29)25-10-9-16(13-25)26-14-19(23-4)27(20(26)28)18-12-24-11-15-7-5-6-8-17(15)18/h5-8,11-12,16,19H,9-10,13-14H2,1-3H3/t16-,19?/m1/s1. The van der Waals surface area contributed by atoms with Crippen molar-refractivity contribution >= 4 is 28.6 Å². The third kappa shape index (κ3) is 3.63. The van der Waals surface area contributed by atoms with Crippen molar-refractivity contribution in [2.24, 2.45) is 0 Å². The third-order valence-electron chi connectivity index (χ3n) is 5.42. The van der Waals surface area contributed by atoms with E-state index in [9.17, 15) is 9.59 Å². The quantitative estimate of drug-likeness (QED) is 0.712. The summed E-state index contributed by atoms with van der Waals surface area (Å²) in [5.41, 5.74) is 0.0787. The highest BCUT2D eigenvalue weighted by Gasteiger charge is 2.48. The molecule has 2 atom stereocenters. The van der Waals surface area contributed by atoms with Crippen molar-refractivity contribution in [1.29, 1.82) is 0 Å². The number of rotatable bonds is 2. The zero-order valence-electron chi connectivity index (χ0n) is 17.4. The van der Waals surface area contributed by atoms with Gasteiger partial charge in [0, 0.05) is 30.1 Å². The van der Waals surface area contributed by atoms with Crippen LogP contribution in [0.4, 0.5) is 15.3 Å². The molecule has 1 unspecified atom stereocenters. The number of benzene rings is 1. The first-order valence-corrected chi connectivity index (χ1v) is 10.1. The maximum absolute atomic E-state index is 13.4. The predicted octanol–water partition coefficient (Wildman–Crippen LogP) is 3.73. The number of urea groups is 1. The molecule has 1 aromatic carbocycles. The Kier molecular flexibility index (Phi) is 4.98. The van der Waals surface area contributed by atoms with E-state index < -0.39 is 11.8 Å². The molecule has 0 bridgehead atoms. The van der Waals surface area contributed by atoms with Gasteiger partial charge >= 0.3 is 18.3 Å². The fraction of sp³-hybridized carbons (Fsp3) is 0.455. The molecule has 0 spiro atoms. The minimum absolute atomic E-state index is 0.137. The van der Waals surface area contributed by atoms with Crippen molar-refractivity contribution in [3.05, 3.63) is 48.1 Å². The number of nitrogens with zero attached hydrogens (tertiary/aromatic N) is 5. The Hall–Kier alpha value is -3.34. The van der Waals surface area contributed by atoms with Gasteiger partial charge in [-0.05, 0) is 27.2 Å². The van der Waals surface area contributed by atoms with Gasteiger partial charge in [0.2, 0.25) is 0 Å². The van der Waals surface area contributed by atoms with Crippen LogP contribution >= 0.6 is 0 Å². The second-order valence-electron chi connectivity index (χ2n) is 8.66.